The second kappa shape index (κ2) is 5.71. The van der Waals surface area contributed by atoms with Crippen molar-refractivity contribution in [3.8, 4) is 0 Å². The van der Waals surface area contributed by atoms with Crippen molar-refractivity contribution in [3.05, 3.63) is 48.3 Å². The van der Waals surface area contributed by atoms with Crippen LogP contribution in [0.2, 0.25) is 0 Å². The van der Waals surface area contributed by atoms with Gasteiger partial charge in [0.2, 0.25) is 5.91 Å². The molecule has 1 saturated heterocycles. The van der Waals surface area contributed by atoms with Crippen molar-refractivity contribution < 1.29 is 4.79 Å². The summed E-state index contributed by atoms with van der Waals surface area (Å²) >= 11 is 4.28. The van der Waals surface area contributed by atoms with E-state index in [0.29, 0.717) is 12.3 Å². The van der Waals surface area contributed by atoms with Crippen LogP contribution in [0.5, 0.6) is 0 Å². The quantitative estimate of drug-likeness (QED) is 0.876. The lowest BCUT2D eigenvalue weighted by atomic mass is 10.1. The van der Waals surface area contributed by atoms with Crippen LogP contribution in [0.4, 0.5) is 5.69 Å². The lowest BCUT2D eigenvalue weighted by Gasteiger charge is -2.13. The zero-order valence-electron chi connectivity index (χ0n) is 11.1. The number of amides is 1. The number of nitrogens with zero attached hydrogens (tertiary/aromatic N) is 3. The molecule has 20 heavy (non-hydrogen) atoms. The molecule has 1 aliphatic rings. The predicted molar refractivity (Wildman–Crippen MR) is 82.1 cm³/mol. The van der Waals surface area contributed by atoms with E-state index in [4.69, 9.17) is 0 Å². The summed E-state index contributed by atoms with van der Waals surface area (Å²) in [4.78, 5) is 13.8. The third-order valence-corrected chi connectivity index (χ3v) is 4.10. The number of hydrogen-bond donors (Lipinski definition) is 1. The molecule has 1 aromatic heterocycles. The van der Waals surface area contributed by atoms with E-state index in [2.05, 4.69) is 29.9 Å². The SMILES string of the molecule is O=C1CC(CS)CN1c1cnn(Cc2ccccc2)c1. The van der Waals surface area contributed by atoms with Gasteiger partial charge in [0.15, 0.2) is 0 Å². The smallest absolute Gasteiger partial charge is 0.227 e. The summed E-state index contributed by atoms with van der Waals surface area (Å²) in [7, 11) is 0. The van der Waals surface area contributed by atoms with E-state index in [1.807, 2.05) is 34.0 Å². The molecule has 2 aromatic rings. The molecule has 2 heterocycles. The fraction of sp³-hybridized carbons (Fsp3) is 0.333. The highest BCUT2D eigenvalue weighted by Gasteiger charge is 2.30. The third kappa shape index (κ3) is 2.72. The number of aromatic nitrogens is 2. The highest BCUT2D eigenvalue weighted by molar-refractivity contribution is 7.80. The predicted octanol–water partition coefficient (Wildman–Crippen LogP) is 2.21. The average Bonchev–Trinajstić information content (AvgIpc) is 3.06. The number of anilines is 1. The maximum absolute atomic E-state index is 12.0. The molecule has 1 unspecified atom stereocenters. The van der Waals surface area contributed by atoms with Gasteiger partial charge in [-0.2, -0.15) is 17.7 Å². The highest BCUT2D eigenvalue weighted by atomic mass is 32.1. The van der Waals surface area contributed by atoms with Crippen LogP contribution in [0.1, 0.15) is 12.0 Å². The molecule has 1 aliphatic heterocycles. The van der Waals surface area contributed by atoms with E-state index in [-0.39, 0.29) is 5.91 Å². The summed E-state index contributed by atoms with van der Waals surface area (Å²) in [6.07, 6.45) is 4.29. The van der Waals surface area contributed by atoms with Crippen molar-refractivity contribution >= 4 is 24.2 Å². The first-order valence-electron chi connectivity index (χ1n) is 6.74. The summed E-state index contributed by atoms with van der Waals surface area (Å²) in [6, 6.07) is 10.2. The minimum atomic E-state index is 0.170. The summed E-state index contributed by atoms with van der Waals surface area (Å²) in [5.74, 6) is 1.27. The minimum absolute atomic E-state index is 0.170. The normalized spacial score (nSPS) is 18.8. The Morgan fingerprint density at radius 2 is 2.10 bits per heavy atom. The second-order valence-corrected chi connectivity index (χ2v) is 5.50. The Morgan fingerprint density at radius 1 is 1.30 bits per heavy atom. The van der Waals surface area contributed by atoms with Gasteiger partial charge < -0.3 is 4.90 Å². The van der Waals surface area contributed by atoms with Crippen molar-refractivity contribution in [1.82, 2.24) is 9.78 Å². The van der Waals surface area contributed by atoms with E-state index < -0.39 is 0 Å². The fourth-order valence-electron chi connectivity index (χ4n) is 2.50. The summed E-state index contributed by atoms with van der Waals surface area (Å²) in [5, 5.41) is 4.35. The maximum atomic E-state index is 12.0. The van der Waals surface area contributed by atoms with Crippen molar-refractivity contribution in [2.24, 2.45) is 5.92 Å². The molecule has 0 N–H and O–H groups in total. The monoisotopic (exact) mass is 287 g/mol. The van der Waals surface area contributed by atoms with Gasteiger partial charge in [0.05, 0.1) is 18.4 Å². The molecule has 0 spiro atoms. The molecule has 1 amide bonds. The van der Waals surface area contributed by atoms with Crippen LogP contribution >= 0.6 is 12.6 Å². The lowest BCUT2D eigenvalue weighted by Crippen LogP contribution is -2.24. The van der Waals surface area contributed by atoms with E-state index in [9.17, 15) is 4.79 Å². The molecule has 104 valence electrons. The number of carbonyl (C=O) groups excluding carboxylic acids is 1. The third-order valence-electron chi connectivity index (χ3n) is 3.58. The Labute approximate surface area is 123 Å². The molecule has 1 atom stereocenters. The molecule has 0 aliphatic carbocycles. The molecular formula is C15H17N3OS. The van der Waals surface area contributed by atoms with Crippen LogP contribution in [-0.4, -0.2) is 28.0 Å². The minimum Gasteiger partial charge on any atom is -0.309 e. The van der Waals surface area contributed by atoms with Crippen molar-refractivity contribution in [2.75, 3.05) is 17.2 Å². The van der Waals surface area contributed by atoms with Crippen LogP contribution in [0.15, 0.2) is 42.7 Å². The molecule has 0 saturated carbocycles. The Balaban J connectivity index is 1.72. The standard InChI is InChI=1S/C15H17N3OS/c19-15-6-13(11-20)9-18(15)14-7-16-17(10-14)8-12-4-2-1-3-5-12/h1-5,7,10,13,20H,6,8-9,11H2. The molecule has 5 heteroatoms. The van der Waals surface area contributed by atoms with Crippen LogP contribution in [0.3, 0.4) is 0 Å². The van der Waals surface area contributed by atoms with Crippen LogP contribution in [0.25, 0.3) is 0 Å². The van der Waals surface area contributed by atoms with Crippen LogP contribution in [0, 0.1) is 5.92 Å². The first kappa shape index (κ1) is 13.2. The Kier molecular flexibility index (Phi) is 3.78. The Morgan fingerprint density at radius 3 is 2.80 bits per heavy atom. The first-order chi connectivity index (χ1) is 9.76. The van der Waals surface area contributed by atoms with Gasteiger partial charge in [-0.15, -0.1) is 0 Å². The molecular weight excluding hydrogens is 270 g/mol. The zero-order valence-corrected chi connectivity index (χ0v) is 12.0. The van der Waals surface area contributed by atoms with Gasteiger partial charge in [0.1, 0.15) is 0 Å². The van der Waals surface area contributed by atoms with Gasteiger partial charge in [-0.05, 0) is 17.2 Å². The molecule has 0 radical (unpaired) electrons. The van der Waals surface area contributed by atoms with E-state index in [0.717, 1.165) is 24.5 Å². The molecule has 0 bridgehead atoms. The molecule has 1 fully saturated rings. The summed E-state index contributed by atoms with van der Waals surface area (Å²) < 4.78 is 1.87. The van der Waals surface area contributed by atoms with Gasteiger partial charge >= 0.3 is 0 Å². The zero-order chi connectivity index (χ0) is 13.9. The van der Waals surface area contributed by atoms with Gasteiger partial charge in [0.25, 0.3) is 0 Å². The Hall–Kier alpha value is -1.75. The first-order valence-corrected chi connectivity index (χ1v) is 7.37. The van der Waals surface area contributed by atoms with Gasteiger partial charge in [-0.3, -0.25) is 9.48 Å². The number of benzene rings is 1. The Bertz CT molecular complexity index is 596. The number of carbonyl (C=O) groups is 1. The largest absolute Gasteiger partial charge is 0.309 e. The number of hydrogen-bond acceptors (Lipinski definition) is 3. The summed E-state index contributed by atoms with van der Waals surface area (Å²) in [6.45, 7) is 1.47. The van der Waals surface area contributed by atoms with Gasteiger partial charge in [0, 0.05) is 19.2 Å². The van der Waals surface area contributed by atoms with E-state index >= 15 is 0 Å². The van der Waals surface area contributed by atoms with Crippen molar-refractivity contribution in [2.45, 2.75) is 13.0 Å². The topological polar surface area (TPSA) is 38.1 Å². The van der Waals surface area contributed by atoms with Crippen molar-refractivity contribution in [3.63, 3.8) is 0 Å². The lowest BCUT2D eigenvalue weighted by molar-refractivity contribution is -0.117. The fourth-order valence-corrected chi connectivity index (χ4v) is 2.75. The van der Waals surface area contributed by atoms with Crippen LogP contribution < -0.4 is 4.90 Å². The second-order valence-electron chi connectivity index (χ2n) is 5.14. The number of rotatable bonds is 4. The van der Waals surface area contributed by atoms with E-state index in [1.54, 1.807) is 6.20 Å². The average molecular weight is 287 g/mol. The van der Waals surface area contributed by atoms with Crippen LogP contribution in [-0.2, 0) is 11.3 Å². The van der Waals surface area contributed by atoms with E-state index in [1.165, 1.54) is 5.56 Å². The highest BCUT2D eigenvalue weighted by Crippen LogP contribution is 2.25. The van der Waals surface area contributed by atoms with Gasteiger partial charge in [-0.1, -0.05) is 30.3 Å². The molecule has 1 aromatic carbocycles. The molecule has 3 rings (SSSR count). The summed E-state index contributed by atoms with van der Waals surface area (Å²) in [5.41, 5.74) is 2.08. The molecule has 4 nitrogen and oxygen atoms in total. The number of thiol groups is 1. The van der Waals surface area contributed by atoms with Gasteiger partial charge in [-0.25, -0.2) is 0 Å². The van der Waals surface area contributed by atoms with Crippen molar-refractivity contribution in [1.29, 1.82) is 0 Å². The maximum Gasteiger partial charge on any atom is 0.227 e.